The highest BCUT2D eigenvalue weighted by atomic mass is 19.0. The fourth-order valence-electron chi connectivity index (χ4n) is 1.29. The second-order valence-corrected chi connectivity index (χ2v) is 2.75. The van der Waals surface area contributed by atoms with Gasteiger partial charge in [-0.15, -0.1) is 0 Å². The van der Waals surface area contributed by atoms with Crippen LogP contribution in [0.2, 0.25) is 0 Å². The molecule has 0 radical (unpaired) electrons. The maximum atomic E-state index is 5.44. The SMILES string of the molecule is C=C1CCc2ccccc2O1.F. The summed E-state index contributed by atoms with van der Waals surface area (Å²) in [5, 5.41) is 0. The lowest BCUT2D eigenvalue weighted by molar-refractivity contribution is 0.381. The molecule has 12 heavy (non-hydrogen) atoms. The summed E-state index contributed by atoms with van der Waals surface area (Å²) < 4.78 is 5.44. The van der Waals surface area contributed by atoms with E-state index in [2.05, 4.69) is 12.6 Å². The molecule has 0 aliphatic carbocycles. The van der Waals surface area contributed by atoms with Gasteiger partial charge in [0.25, 0.3) is 0 Å². The zero-order valence-corrected chi connectivity index (χ0v) is 6.75. The Morgan fingerprint density at radius 2 is 1.92 bits per heavy atom. The number of hydrogen-bond acceptors (Lipinski definition) is 1. The first-order valence-corrected chi connectivity index (χ1v) is 3.80. The molecule has 64 valence electrons. The largest absolute Gasteiger partial charge is 0.462 e. The predicted octanol–water partition coefficient (Wildman–Crippen LogP) is 2.68. The van der Waals surface area contributed by atoms with E-state index in [1.807, 2.05) is 18.2 Å². The molecule has 0 atom stereocenters. The van der Waals surface area contributed by atoms with Gasteiger partial charge in [0.05, 0.1) is 5.76 Å². The van der Waals surface area contributed by atoms with Gasteiger partial charge in [0, 0.05) is 6.42 Å². The van der Waals surface area contributed by atoms with Crippen LogP contribution in [0, 0.1) is 0 Å². The molecular formula is C10H11FO. The van der Waals surface area contributed by atoms with Crippen LogP contribution in [0.15, 0.2) is 36.6 Å². The quantitative estimate of drug-likeness (QED) is 0.575. The van der Waals surface area contributed by atoms with Crippen LogP contribution in [-0.2, 0) is 6.42 Å². The van der Waals surface area contributed by atoms with E-state index in [4.69, 9.17) is 4.74 Å². The van der Waals surface area contributed by atoms with E-state index in [1.165, 1.54) is 5.56 Å². The third-order valence-corrected chi connectivity index (χ3v) is 1.90. The summed E-state index contributed by atoms with van der Waals surface area (Å²) in [6.45, 7) is 3.79. The minimum atomic E-state index is 0. The molecule has 0 bridgehead atoms. The first kappa shape index (κ1) is 8.78. The predicted molar refractivity (Wildman–Crippen MR) is 47.0 cm³/mol. The van der Waals surface area contributed by atoms with Crippen LogP contribution in [0.4, 0.5) is 4.70 Å². The van der Waals surface area contributed by atoms with E-state index in [-0.39, 0.29) is 4.70 Å². The van der Waals surface area contributed by atoms with Crippen LogP contribution < -0.4 is 4.74 Å². The van der Waals surface area contributed by atoms with Crippen LogP contribution in [-0.4, -0.2) is 0 Å². The van der Waals surface area contributed by atoms with Crippen molar-refractivity contribution in [2.45, 2.75) is 12.8 Å². The molecule has 0 unspecified atom stereocenters. The van der Waals surface area contributed by atoms with Gasteiger partial charge < -0.3 is 4.74 Å². The first-order valence-electron chi connectivity index (χ1n) is 3.80. The van der Waals surface area contributed by atoms with Gasteiger partial charge in [-0.3, -0.25) is 4.70 Å². The molecule has 0 amide bonds. The Morgan fingerprint density at radius 1 is 1.17 bits per heavy atom. The van der Waals surface area contributed by atoms with E-state index in [0.717, 1.165) is 24.4 Å². The Labute approximate surface area is 71.0 Å². The molecule has 1 aliphatic rings. The Morgan fingerprint density at radius 3 is 2.75 bits per heavy atom. The third kappa shape index (κ3) is 1.47. The number of benzene rings is 1. The molecule has 1 aromatic rings. The maximum Gasteiger partial charge on any atom is 0.130 e. The van der Waals surface area contributed by atoms with Gasteiger partial charge in [0.2, 0.25) is 0 Å². The number of hydrogen-bond donors (Lipinski definition) is 0. The lowest BCUT2D eigenvalue weighted by atomic mass is 10.1. The van der Waals surface area contributed by atoms with E-state index < -0.39 is 0 Å². The molecule has 0 fully saturated rings. The molecule has 0 aromatic heterocycles. The highest BCUT2D eigenvalue weighted by Crippen LogP contribution is 2.27. The zero-order valence-electron chi connectivity index (χ0n) is 6.75. The van der Waals surface area contributed by atoms with Crippen LogP contribution >= 0.6 is 0 Å². The average Bonchev–Trinajstić information content (AvgIpc) is 2.04. The molecule has 0 spiro atoms. The Bertz CT molecular complexity index is 294. The highest BCUT2D eigenvalue weighted by molar-refractivity contribution is 5.36. The van der Waals surface area contributed by atoms with Gasteiger partial charge in [-0.1, -0.05) is 24.8 Å². The summed E-state index contributed by atoms with van der Waals surface area (Å²) in [4.78, 5) is 0. The van der Waals surface area contributed by atoms with E-state index in [1.54, 1.807) is 0 Å². The molecule has 1 heterocycles. The molecule has 1 aromatic carbocycles. The van der Waals surface area contributed by atoms with Crippen molar-refractivity contribution in [3.05, 3.63) is 42.2 Å². The average molecular weight is 166 g/mol. The third-order valence-electron chi connectivity index (χ3n) is 1.90. The second kappa shape index (κ2) is 3.39. The number of rotatable bonds is 0. The Kier molecular flexibility index (Phi) is 2.48. The summed E-state index contributed by atoms with van der Waals surface area (Å²) >= 11 is 0. The monoisotopic (exact) mass is 166 g/mol. The standard InChI is InChI=1S/C10H10O.FH/c1-8-6-7-9-4-2-3-5-10(9)11-8;/h2-5H,1,6-7H2;1H. The van der Waals surface area contributed by atoms with Gasteiger partial charge in [0.1, 0.15) is 5.75 Å². The smallest absolute Gasteiger partial charge is 0.130 e. The van der Waals surface area contributed by atoms with Crippen molar-refractivity contribution in [1.29, 1.82) is 0 Å². The summed E-state index contributed by atoms with van der Waals surface area (Å²) in [5.74, 6) is 1.85. The number of allylic oxidation sites excluding steroid dienone is 1. The Balaban J connectivity index is 0.000000720. The normalized spacial score (nSPS) is 14.2. The number of aryl methyl sites for hydroxylation is 1. The molecule has 1 aliphatic heterocycles. The van der Waals surface area contributed by atoms with Crippen molar-refractivity contribution in [1.82, 2.24) is 0 Å². The van der Waals surface area contributed by atoms with E-state index in [0.29, 0.717) is 0 Å². The summed E-state index contributed by atoms with van der Waals surface area (Å²) in [5.41, 5.74) is 1.29. The van der Waals surface area contributed by atoms with Gasteiger partial charge in [-0.25, -0.2) is 0 Å². The maximum absolute atomic E-state index is 5.44. The van der Waals surface area contributed by atoms with Crippen molar-refractivity contribution in [3.63, 3.8) is 0 Å². The fourth-order valence-corrected chi connectivity index (χ4v) is 1.29. The van der Waals surface area contributed by atoms with Crippen molar-refractivity contribution in [2.24, 2.45) is 0 Å². The molecule has 0 saturated carbocycles. The van der Waals surface area contributed by atoms with Crippen molar-refractivity contribution < 1.29 is 9.44 Å². The zero-order chi connectivity index (χ0) is 7.68. The number of fused-ring (bicyclic) bond motifs is 1. The van der Waals surface area contributed by atoms with Crippen LogP contribution in [0.5, 0.6) is 5.75 Å². The van der Waals surface area contributed by atoms with Crippen molar-refractivity contribution >= 4 is 0 Å². The topological polar surface area (TPSA) is 9.23 Å². The number of halogens is 1. The van der Waals surface area contributed by atoms with Crippen molar-refractivity contribution in [2.75, 3.05) is 0 Å². The number of para-hydroxylation sites is 1. The van der Waals surface area contributed by atoms with Crippen LogP contribution in [0.1, 0.15) is 12.0 Å². The molecule has 2 heteroatoms. The van der Waals surface area contributed by atoms with E-state index >= 15 is 0 Å². The fraction of sp³-hybridized carbons (Fsp3) is 0.200. The van der Waals surface area contributed by atoms with Crippen molar-refractivity contribution in [3.8, 4) is 5.75 Å². The molecule has 2 rings (SSSR count). The minimum absolute atomic E-state index is 0. The first-order chi connectivity index (χ1) is 5.36. The van der Waals surface area contributed by atoms with Gasteiger partial charge >= 0.3 is 0 Å². The van der Waals surface area contributed by atoms with E-state index in [9.17, 15) is 0 Å². The van der Waals surface area contributed by atoms with Crippen LogP contribution in [0.3, 0.4) is 0 Å². The summed E-state index contributed by atoms with van der Waals surface area (Å²) in [6.07, 6.45) is 2.02. The lowest BCUT2D eigenvalue weighted by Crippen LogP contribution is -2.04. The Hall–Kier alpha value is -1.31. The van der Waals surface area contributed by atoms with Gasteiger partial charge in [-0.2, -0.15) is 0 Å². The van der Waals surface area contributed by atoms with Gasteiger partial charge in [0.15, 0.2) is 0 Å². The van der Waals surface area contributed by atoms with Crippen LogP contribution in [0.25, 0.3) is 0 Å². The lowest BCUT2D eigenvalue weighted by Gasteiger charge is -2.17. The molecule has 1 nitrogen and oxygen atoms in total. The highest BCUT2D eigenvalue weighted by Gasteiger charge is 2.10. The molecule has 0 N–H and O–H groups in total. The molecule has 0 saturated heterocycles. The summed E-state index contributed by atoms with van der Waals surface area (Å²) in [6, 6.07) is 8.11. The minimum Gasteiger partial charge on any atom is -0.462 e. The second-order valence-electron chi connectivity index (χ2n) is 2.75. The number of ether oxygens (including phenoxy) is 1. The molecular weight excluding hydrogens is 155 g/mol. The van der Waals surface area contributed by atoms with Gasteiger partial charge in [-0.05, 0) is 18.1 Å². The summed E-state index contributed by atoms with van der Waals surface area (Å²) in [7, 11) is 0.